The summed E-state index contributed by atoms with van der Waals surface area (Å²) in [5.41, 5.74) is 0. The van der Waals surface area contributed by atoms with Crippen LogP contribution in [0.5, 0.6) is 0 Å². The molecule has 1 heterocycles. The fourth-order valence-electron chi connectivity index (χ4n) is 1.96. The normalized spacial score (nSPS) is 40.7. The van der Waals surface area contributed by atoms with Gasteiger partial charge in [-0.15, -0.1) is 11.6 Å². The van der Waals surface area contributed by atoms with Gasteiger partial charge in [-0.05, 0) is 0 Å². The summed E-state index contributed by atoms with van der Waals surface area (Å²) in [6.45, 7) is 0. The van der Waals surface area contributed by atoms with Gasteiger partial charge in [-0.25, -0.2) is 0 Å². The van der Waals surface area contributed by atoms with Crippen molar-refractivity contribution in [1.29, 1.82) is 0 Å². The fourth-order valence-corrected chi connectivity index (χ4v) is 4.26. The third kappa shape index (κ3) is 1.68. The van der Waals surface area contributed by atoms with E-state index in [1.54, 1.807) is 0 Å². The molecule has 15 heavy (non-hydrogen) atoms. The highest BCUT2D eigenvalue weighted by atomic mass is 35.5. The Kier molecular flexibility index (Phi) is 3.22. The lowest BCUT2D eigenvalue weighted by molar-refractivity contribution is -0.125. The van der Waals surface area contributed by atoms with Crippen LogP contribution >= 0.6 is 35.0 Å². The van der Waals surface area contributed by atoms with Crippen LogP contribution in [0, 0.1) is 5.92 Å². The molecular weight excluding hydrogens is 259 g/mol. The van der Waals surface area contributed by atoms with Crippen molar-refractivity contribution < 1.29 is 14.6 Å². The molecule has 2 rings (SSSR count). The van der Waals surface area contributed by atoms with E-state index >= 15 is 0 Å². The molecule has 1 saturated heterocycles. The summed E-state index contributed by atoms with van der Waals surface area (Å²) in [7, 11) is 1.38. The molecule has 2 aliphatic rings. The SMILES string of the molecule is COC1=C(Cl)[C@H](Cl)[C@H]2SC[C@@H](O)[C@H]2C1=O. The molecule has 0 unspecified atom stereocenters. The molecule has 0 bridgehead atoms. The van der Waals surface area contributed by atoms with E-state index in [-0.39, 0.29) is 21.8 Å². The number of aliphatic hydroxyl groups is 1. The minimum absolute atomic E-state index is 0.0967. The Morgan fingerprint density at radius 2 is 2.27 bits per heavy atom. The van der Waals surface area contributed by atoms with Crippen LogP contribution in [-0.4, -0.2) is 40.5 Å². The number of carbonyl (C=O) groups is 1. The van der Waals surface area contributed by atoms with Gasteiger partial charge in [-0.1, -0.05) is 11.6 Å². The van der Waals surface area contributed by atoms with Crippen LogP contribution in [0.25, 0.3) is 0 Å². The van der Waals surface area contributed by atoms with Crippen LogP contribution in [0.3, 0.4) is 0 Å². The Morgan fingerprint density at radius 1 is 1.60 bits per heavy atom. The lowest BCUT2D eigenvalue weighted by atomic mass is 9.87. The number of thioether (sulfide) groups is 1. The van der Waals surface area contributed by atoms with Crippen LogP contribution in [0.15, 0.2) is 10.8 Å². The second-order valence-electron chi connectivity index (χ2n) is 3.54. The van der Waals surface area contributed by atoms with Crippen LogP contribution < -0.4 is 0 Å². The number of halogens is 2. The summed E-state index contributed by atoms with van der Waals surface area (Å²) in [4.78, 5) is 11.9. The topological polar surface area (TPSA) is 46.5 Å². The third-order valence-corrected chi connectivity index (χ3v) is 5.35. The molecule has 0 amide bonds. The van der Waals surface area contributed by atoms with Crippen molar-refractivity contribution in [2.45, 2.75) is 16.7 Å². The van der Waals surface area contributed by atoms with E-state index in [1.807, 2.05) is 0 Å². The van der Waals surface area contributed by atoms with Crippen molar-refractivity contribution >= 4 is 40.7 Å². The number of hydrogen-bond acceptors (Lipinski definition) is 4. The number of aliphatic hydroxyl groups excluding tert-OH is 1. The van der Waals surface area contributed by atoms with Crippen molar-refractivity contribution in [3.05, 3.63) is 10.8 Å². The molecule has 0 spiro atoms. The van der Waals surface area contributed by atoms with Gasteiger partial charge >= 0.3 is 0 Å². The van der Waals surface area contributed by atoms with Crippen molar-refractivity contribution in [2.24, 2.45) is 5.92 Å². The second-order valence-corrected chi connectivity index (χ2v) is 5.63. The highest BCUT2D eigenvalue weighted by Crippen LogP contribution is 2.45. The van der Waals surface area contributed by atoms with E-state index in [0.717, 1.165) is 0 Å². The van der Waals surface area contributed by atoms with Gasteiger partial charge in [0.15, 0.2) is 5.76 Å². The number of ether oxygens (including phenoxy) is 1. The van der Waals surface area contributed by atoms with E-state index in [1.165, 1.54) is 18.9 Å². The predicted molar refractivity (Wildman–Crippen MR) is 60.3 cm³/mol. The number of carbonyl (C=O) groups excluding carboxylic acids is 1. The lowest BCUT2D eigenvalue weighted by Gasteiger charge is -2.29. The van der Waals surface area contributed by atoms with Gasteiger partial charge in [0.1, 0.15) is 0 Å². The molecule has 3 nitrogen and oxygen atoms in total. The number of hydrogen-bond donors (Lipinski definition) is 1. The number of fused-ring (bicyclic) bond motifs is 1. The number of allylic oxidation sites excluding steroid dienone is 2. The van der Waals surface area contributed by atoms with Gasteiger partial charge < -0.3 is 9.84 Å². The number of alkyl halides is 1. The molecule has 4 atom stereocenters. The van der Waals surface area contributed by atoms with Gasteiger partial charge in [-0.3, -0.25) is 4.79 Å². The van der Waals surface area contributed by atoms with E-state index < -0.39 is 17.4 Å². The van der Waals surface area contributed by atoms with E-state index in [9.17, 15) is 9.90 Å². The van der Waals surface area contributed by atoms with E-state index in [4.69, 9.17) is 27.9 Å². The van der Waals surface area contributed by atoms with Gasteiger partial charge in [0, 0.05) is 11.0 Å². The molecular formula is C9H10Cl2O3S. The van der Waals surface area contributed by atoms with Gasteiger partial charge in [-0.2, -0.15) is 11.8 Å². The number of rotatable bonds is 1. The van der Waals surface area contributed by atoms with E-state index in [2.05, 4.69) is 0 Å². The van der Waals surface area contributed by atoms with Gasteiger partial charge in [0.2, 0.25) is 5.78 Å². The first-order valence-corrected chi connectivity index (χ1v) is 6.36. The van der Waals surface area contributed by atoms with Crippen molar-refractivity contribution in [3.8, 4) is 0 Å². The molecule has 6 heteroatoms. The first-order chi connectivity index (χ1) is 7.07. The second kappa shape index (κ2) is 4.17. The maximum absolute atomic E-state index is 11.9. The molecule has 0 saturated carbocycles. The Morgan fingerprint density at radius 3 is 2.87 bits per heavy atom. The first kappa shape index (κ1) is 11.6. The number of ketones is 1. The quantitative estimate of drug-likeness (QED) is 0.730. The average molecular weight is 269 g/mol. The lowest BCUT2D eigenvalue weighted by Crippen LogP contribution is -2.41. The Balaban J connectivity index is 2.40. The zero-order chi connectivity index (χ0) is 11.2. The summed E-state index contributed by atoms with van der Waals surface area (Å²) < 4.78 is 4.94. The van der Waals surface area contributed by atoms with E-state index in [0.29, 0.717) is 5.75 Å². The van der Waals surface area contributed by atoms with Crippen LogP contribution in [-0.2, 0) is 9.53 Å². The van der Waals surface area contributed by atoms with Gasteiger partial charge in [0.25, 0.3) is 0 Å². The molecule has 1 fully saturated rings. The molecule has 1 aliphatic carbocycles. The molecule has 0 aromatic heterocycles. The Bertz CT molecular complexity index is 331. The molecule has 1 aliphatic heterocycles. The summed E-state index contributed by atoms with van der Waals surface area (Å²) >= 11 is 13.6. The highest BCUT2D eigenvalue weighted by Gasteiger charge is 2.50. The molecule has 0 aromatic carbocycles. The summed E-state index contributed by atoms with van der Waals surface area (Å²) in [6, 6.07) is 0. The standard InChI is InChI=1S/C9H10Cl2O3S/c1-14-8-5(10)6(11)9-4(7(8)13)3(12)2-15-9/h3-4,6,9,12H,2H2,1H3/t3-,4+,6+,9+/m1/s1. The predicted octanol–water partition coefficient (Wildman–Crippen LogP) is 1.37. The van der Waals surface area contributed by atoms with Crippen LogP contribution in [0.1, 0.15) is 0 Å². The minimum Gasteiger partial charge on any atom is -0.492 e. The Hall–Kier alpha value is 0.1000. The highest BCUT2D eigenvalue weighted by molar-refractivity contribution is 8.00. The maximum atomic E-state index is 11.9. The Labute approximate surface area is 102 Å². The summed E-state index contributed by atoms with van der Waals surface area (Å²) in [6.07, 6.45) is -0.649. The smallest absolute Gasteiger partial charge is 0.205 e. The minimum atomic E-state index is -0.649. The molecule has 0 aromatic rings. The summed E-state index contributed by atoms with van der Waals surface area (Å²) in [5, 5.41) is 9.36. The number of Topliss-reactive ketones (excluding diaryl/α,β-unsaturated/α-hetero) is 1. The third-order valence-electron chi connectivity index (χ3n) is 2.71. The van der Waals surface area contributed by atoms with Crippen LogP contribution in [0.4, 0.5) is 0 Å². The van der Waals surface area contributed by atoms with Crippen molar-refractivity contribution in [1.82, 2.24) is 0 Å². The van der Waals surface area contributed by atoms with Crippen molar-refractivity contribution in [2.75, 3.05) is 12.9 Å². The zero-order valence-corrected chi connectivity index (χ0v) is 10.3. The molecule has 84 valence electrons. The maximum Gasteiger partial charge on any atom is 0.205 e. The molecule has 0 radical (unpaired) electrons. The van der Waals surface area contributed by atoms with Crippen LogP contribution in [0.2, 0.25) is 0 Å². The summed E-state index contributed by atoms with van der Waals surface area (Å²) in [5.74, 6) is -0.0952. The largest absolute Gasteiger partial charge is 0.492 e. The monoisotopic (exact) mass is 268 g/mol. The fraction of sp³-hybridized carbons (Fsp3) is 0.667. The zero-order valence-electron chi connectivity index (χ0n) is 7.94. The van der Waals surface area contributed by atoms with Gasteiger partial charge in [0.05, 0.1) is 29.5 Å². The first-order valence-electron chi connectivity index (χ1n) is 4.49. The number of methoxy groups -OCH3 is 1. The van der Waals surface area contributed by atoms with Crippen molar-refractivity contribution in [3.63, 3.8) is 0 Å². The molecule has 1 N–H and O–H groups in total. The average Bonchev–Trinajstić information content (AvgIpc) is 2.58.